The molecule has 0 saturated carbocycles. The molecule has 0 spiro atoms. The van der Waals surface area contributed by atoms with E-state index < -0.39 is 18.1 Å². The van der Waals surface area contributed by atoms with Crippen LogP contribution in [-0.2, 0) is 16.1 Å². The van der Waals surface area contributed by atoms with Crippen LogP contribution in [0.3, 0.4) is 0 Å². The third-order valence-corrected chi connectivity index (χ3v) is 6.39. The van der Waals surface area contributed by atoms with E-state index in [1.165, 1.54) is 11.0 Å². The van der Waals surface area contributed by atoms with Crippen molar-refractivity contribution in [2.24, 2.45) is 5.92 Å². The maximum absolute atomic E-state index is 14.0. The monoisotopic (exact) mass is 527 g/mol. The highest BCUT2D eigenvalue weighted by molar-refractivity contribution is 5.74. The standard InChI is InChI=1S/C28H28F3N3O4/c1-17-6-4-5-7-21(17)22-11-9-19(13-20(22)16-37-3)27-32-26(33-38-27)23-10-8-18(12-24(23)28(29,30)31)14-34(2)15-25(35)36/h4-11,13,24H,12,14-16H2,1-3H3,(H,35,36). The van der Waals surface area contributed by atoms with E-state index in [0.717, 1.165) is 22.3 Å². The van der Waals surface area contributed by atoms with Gasteiger partial charge in [0.05, 0.1) is 19.1 Å². The van der Waals surface area contributed by atoms with Gasteiger partial charge in [0.2, 0.25) is 0 Å². The molecule has 0 amide bonds. The predicted octanol–water partition coefficient (Wildman–Crippen LogP) is 5.77. The number of ether oxygens (including phenoxy) is 1. The summed E-state index contributed by atoms with van der Waals surface area (Å²) in [5.41, 5.74) is 4.95. The van der Waals surface area contributed by atoms with Gasteiger partial charge >= 0.3 is 12.1 Å². The number of nitrogens with zero attached hydrogens (tertiary/aromatic N) is 3. The first kappa shape index (κ1) is 27.3. The number of methoxy groups -OCH3 is 1. The second kappa shape index (κ2) is 11.3. The molecule has 3 aromatic rings. The Labute approximate surface area is 218 Å². The largest absolute Gasteiger partial charge is 0.480 e. The summed E-state index contributed by atoms with van der Waals surface area (Å²) in [4.78, 5) is 16.7. The molecular weight excluding hydrogens is 499 g/mol. The van der Waals surface area contributed by atoms with E-state index in [1.54, 1.807) is 26.3 Å². The summed E-state index contributed by atoms with van der Waals surface area (Å²) in [5.74, 6) is -2.91. The van der Waals surface area contributed by atoms with E-state index in [9.17, 15) is 18.0 Å². The van der Waals surface area contributed by atoms with Crippen molar-refractivity contribution in [3.05, 3.63) is 77.1 Å². The smallest absolute Gasteiger partial charge is 0.396 e. The minimum Gasteiger partial charge on any atom is -0.480 e. The fourth-order valence-corrected chi connectivity index (χ4v) is 4.63. The van der Waals surface area contributed by atoms with Crippen molar-refractivity contribution in [3.63, 3.8) is 0 Å². The number of benzene rings is 2. The van der Waals surface area contributed by atoms with Crippen molar-refractivity contribution in [1.29, 1.82) is 0 Å². The molecular formula is C28H28F3N3O4. The Hall–Kier alpha value is -3.76. The van der Waals surface area contributed by atoms with Gasteiger partial charge in [0.1, 0.15) is 0 Å². The molecule has 4 rings (SSSR count). The minimum absolute atomic E-state index is 0.0919. The molecule has 10 heteroatoms. The number of aryl methyl sites for hydroxylation is 1. The molecule has 7 nitrogen and oxygen atoms in total. The molecule has 1 aliphatic carbocycles. The number of aliphatic carboxylic acids is 1. The summed E-state index contributed by atoms with van der Waals surface area (Å²) in [5, 5.41) is 12.8. The Bertz CT molecular complexity index is 1380. The van der Waals surface area contributed by atoms with Crippen molar-refractivity contribution in [3.8, 4) is 22.6 Å². The SMILES string of the molecule is COCc1cc(-c2nc(C3=CC=C(CN(C)CC(=O)O)CC3C(F)(F)F)no2)ccc1-c1ccccc1C. The van der Waals surface area contributed by atoms with Crippen LogP contribution in [0.4, 0.5) is 13.2 Å². The fourth-order valence-electron chi connectivity index (χ4n) is 4.63. The third kappa shape index (κ3) is 6.20. The van der Waals surface area contributed by atoms with Gasteiger partial charge in [-0.05, 0) is 54.8 Å². The summed E-state index contributed by atoms with van der Waals surface area (Å²) in [6.45, 7) is 2.18. The number of carboxylic acid groups (broad SMARTS) is 1. The average Bonchev–Trinajstić information content (AvgIpc) is 3.34. The molecule has 1 aromatic heterocycles. The number of carbonyl (C=O) groups is 1. The summed E-state index contributed by atoms with van der Waals surface area (Å²) in [6.07, 6.45) is -1.94. The van der Waals surface area contributed by atoms with Crippen LogP contribution >= 0.6 is 0 Å². The third-order valence-electron chi connectivity index (χ3n) is 6.39. The number of likely N-dealkylation sites (N-methyl/N-ethyl adjacent to an activating group) is 1. The second-order valence-electron chi connectivity index (χ2n) is 9.35. The lowest BCUT2D eigenvalue weighted by Crippen LogP contribution is -2.31. The van der Waals surface area contributed by atoms with Crippen molar-refractivity contribution in [2.45, 2.75) is 26.1 Å². The zero-order valence-corrected chi connectivity index (χ0v) is 21.2. The van der Waals surface area contributed by atoms with Crippen LogP contribution in [0.1, 0.15) is 23.4 Å². The van der Waals surface area contributed by atoms with Gasteiger partial charge < -0.3 is 14.4 Å². The van der Waals surface area contributed by atoms with Crippen molar-refractivity contribution >= 4 is 11.5 Å². The molecule has 0 bridgehead atoms. The van der Waals surface area contributed by atoms with Gasteiger partial charge in [0, 0.05) is 24.8 Å². The predicted molar refractivity (Wildman–Crippen MR) is 136 cm³/mol. The Kier molecular flexibility index (Phi) is 8.13. The van der Waals surface area contributed by atoms with Crippen molar-refractivity contribution in [1.82, 2.24) is 15.0 Å². The summed E-state index contributed by atoms with van der Waals surface area (Å²) < 4.78 is 52.9. The number of halogens is 3. The van der Waals surface area contributed by atoms with E-state index in [2.05, 4.69) is 10.1 Å². The second-order valence-corrected chi connectivity index (χ2v) is 9.35. The number of alkyl halides is 3. The highest BCUT2D eigenvalue weighted by atomic mass is 19.4. The number of allylic oxidation sites excluding steroid dienone is 3. The van der Waals surface area contributed by atoms with Crippen LogP contribution in [0.2, 0.25) is 0 Å². The minimum atomic E-state index is -4.54. The molecule has 2 aromatic carbocycles. The van der Waals surface area contributed by atoms with Gasteiger partial charge in [-0.2, -0.15) is 18.2 Å². The molecule has 0 fully saturated rings. The van der Waals surface area contributed by atoms with Gasteiger partial charge in [0.25, 0.3) is 5.89 Å². The van der Waals surface area contributed by atoms with Gasteiger partial charge in [0.15, 0.2) is 5.82 Å². The van der Waals surface area contributed by atoms with E-state index in [-0.39, 0.29) is 36.8 Å². The first-order valence-electron chi connectivity index (χ1n) is 12.0. The molecule has 0 radical (unpaired) electrons. The number of hydrogen-bond acceptors (Lipinski definition) is 6. The lowest BCUT2D eigenvalue weighted by Gasteiger charge is -2.27. The van der Waals surface area contributed by atoms with Gasteiger partial charge in [-0.3, -0.25) is 9.69 Å². The normalized spacial score (nSPS) is 15.9. The highest BCUT2D eigenvalue weighted by Gasteiger charge is 2.45. The van der Waals surface area contributed by atoms with E-state index in [1.807, 2.05) is 43.3 Å². The molecule has 1 aliphatic rings. The summed E-state index contributed by atoms with van der Waals surface area (Å²) in [7, 11) is 3.14. The quantitative estimate of drug-likeness (QED) is 0.378. The molecule has 1 N–H and O–H groups in total. The lowest BCUT2D eigenvalue weighted by molar-refractivity contribution is -0.158. The molecule has 200 valence electrons. The van der Waals surface area contributed by atoms with Gasteiger partial charge in [-0.1, -0.05) is 53.2 Å². The first-order chi connectivity index (χ1) is 18.1. The van der Waals surface area contributed by atoms with E-state index in [4.69, 9.17) is 14.4 Å². The highest BCUT2D eigenvalue weighted by Crippen LogP contribution is 2.43. The Morgan fingerprint density at radius 1 is 1.18 bits per heavy atom. The van der Waals surface area contributed by atoms with E-state index >= 15 is 0 Å². The van der Waals surface area contributed by atoms with Crippen molar-refractivity contribution in [2.75, 3.05) is 27.2 Å². The number of rotatable bonds is 9. The van der Waals surface area contributed by atoms with Crippen LogP contribution in [0.5, 0.6) is 0 Å². The topological polar surface area (TPSA) is 88.7 Å². The zero-order chi connectivity index (χ0) is 27.4. The zero-order valence-electron chi connectivity index (χ0n) is 21.2. The van der Waals surface area contributed by atoms with Crippen LogP contribution in [0, 0.1) is 12.8 Å². The van der Waals surface area contributed by atoms with E-state index in [0.29, 0.717) is 17.7 Å². The molecule has 0 aliphatic heterocycles. The van der Waals surface area contributed by atoms with Gasteiger partial charge in [-0.25, -0.2) is 0 Å². The first-order valence-corrected chi connectivity index (χ1v) is 12.0. The Morgan fingerprint density at radius 3 is 2.63 bits per heavy atom. The number of hydrogen-bond donors (Lipinski definition) is 1. The molecule has 38 heavy (non-hydrogen) atoms. The molecule has 0 saturated heterocycles. The van der Waals surface area contributed by atoms with Crippen LogP contribution in [-0.4, -0.2) is 59.5 Å². The molecule has 1 unspecified atom stereocenters. The van der Waals surface area contributed by atoms with Crippen LogP contribution in [0.15, 0.2) is 64.7 Å². The molecule has 1 atom stereocenters. The van der Waals surface area contributed by atoms with Crippen LogP contribution in [0.25, 0.3) is 28.2 Å². The average molecular weight is 528 g/mol. The molecule has 1 heterocycles. The maximum Gasteiger partial charge on any atom is 0.396 e. The Morgan fingerprint density at radius 2 is 1.95 bits per heavy atom. The van der Waals surface area contributed by atoms with Crippen LogP contribution < -0.4 is 0 Å². The number of carboxylic acids is 1. The fraction of sp³-hybridized carbons (Fsp3) is 0.321. The van der Waals surface area contributed by atoms with Crippen molar-refractivity contribution < 1.29 is 32.3 Å². The summed E-state index contributed by atoms with van der Waals surface area (Å²) >= 11 is 0. The maximum atomic E-state index is 14.0. The van der Waals surface area contributed by atoms with Gasteiger partial charge in [-0.15, -0.1) is 0 Å². The Balaban J connectivity index is 1.65. The lowest BCUT2D eigenvalue weighted by atomic mass is 9.85. The number of aromatic nitrogens is 2. The summed E-state index contributed by atoms with van der Waals surface area (Å²) in [6, 6.07) is 13.5.